The number of aromatic nitrogens is 2. The molecule has 0 spiro atoms. The number of anilines is 1. The highest BCUT2D eigenvalue weighted by atomic mass is 32.2. The Bertz CT molecular complexity index is 637. The Morgan fingerprint density at radius 2 is 2.17 bits per heavy atom. The van der Waals surface area contributed by atoms with Crippen molar-refractivity contribution < 1.29 is 9.47 Å². The van der Waals surface area contributed by atoms with Crippen LogP contribution in [0.25, 0.3) is 0 Å². The molecule has 1 aromatic carbocycles. The second-order valence-corrected chi connectivity index (χ2v) is 8.13. The van der Waals surface area contributed by atoms with Crippen LogP contribution >= 0.6 is 23.1 Å². The second-order valence-electron chi connectivity index (χ2n) is 5.81. The molecule has 1 aliphatic rings. The Kier molecular flexibility index (Phi) is 6.34. The standard InChI is InChI=1S/C17H23N3O2S2/c1-12-5-3-6-13(2)15(12)22-9-10-23-17-20-19-16(24-17)18-11-14-7-4-8-21-14/h3,5-6,14H,4,7-11H2,1-2H3,(H,18,19). The number of thioether (sulfide) groups is 1. The maximum atomic E-state index is 5.91. The third-order valence-corrected chi connectivity index (χ3v) is 5.85. The Balaban J connectivity index is 1.39. The van der Waals surface area contributed by atoms with E-state index in [1.54, 1.807) is 23.1 Å². The fourth-order valence-corrected chi connectivity index (χ4v) is 4.29. The van der Waals surface area contributed by atoms with Gasteiger partial charge < -0.3 is 14.8 Å². The van der Waals surface area contributed by atoms with Crippen LogP contribution in [0.5, 0.6) is 5.75 Å². The average molecular weight is 366 g/mol. The molecule has 7 heteroatoms. The fraction of sp³-hybridized carbons (Fsp3) is 0.529. The lowest BCUT2D eigenvalue weighted by atomic mass is 10.1. The molecule has 0 bridgehead atoms. The molecule has 1 N–H and O–H groups in total. The maximum absolute atomic E-state index is 5.91. The van der Waals surface area contributed by atoms with E-state index >= 15 is 0 Å². The summed E-state index contributed by atoms with van der Waals surface area (Å²) in [5.74, 6) is 1.85. The van der Waals surface area contributed by atoms with Gasteiger partial charge in [-0.25, -0.2) is 0 Å². The predicted octanol–water partition coefficient (Wildman–Crippen LogP) is 3.92. The summed E-state index contributed by atoms with van der Waals surface area (Å²) in [6.07, 6.45) is 2.60. The zero-order valence-corrected chi connectivity index (χ0v) is 15.7. The zero-order chi connectivity index (χ0) is 16.8. The van der Waals surface area contributed by atoms with Gasteiger partial charge in [0.25, 0.3) is 0 Å². The molecule has 1 saturated heterocycles. The van der Waals surface area contributed by atoms with Crippen LogP contribution in [0.15, 0.2) is 22.5 Å². The molecule has 1 aliphatic heterocycles. The minimum atomic E-state index is 0.316. The van der Waals surface area contributed by atoms with Gasteiger partial charge in [-0.3, -0.25) is 0 Å². The SMILES string of the molecule is Cc1cccc(C)c1OCCSc1nnc(NCC2CCCO2)s1. The van der Waals surface area contributed by atoms with E-state index in [4.69, 9.17) is 9.47 Å². The topological polar surface area (TPSA) is 56.3 Å². The Labute approximate surface area is 151 Å². The summed E-state index contributed by atoms with van der Waals surface area (Å²) < 4.78 is 12.5. The number of rotatable bonds is 8. The third-order valence-electron chi connectivity index (χ3n) is 3.88. The molecule has 0 aliphatic carbocycles. The number of aryl methyl sites for hydroxylation is 2. The van der Waals surface area contributed by atoms with Crippen molar-refractivity contribution in [2.24, 2.45) is 0 Å². The van der Waals surface area contributed by atoms with E-state index in [1.807, 2.05) is 0 Å². The van der Waals surface area contributed by atoms with E-state index in [9.17, 15) is 0 Å². The summed E-state index contributed by atoms with van der Waals surface area (Å²) in [4.78, 5) is 0. The molecule has 5 nitrogen and oxygen atoms in total. The van der Waals surface area contributed by atoms with Crippen molar-refractivity contribution in [2.75, 3.05) is 30.8 Å². The van der Waals surface area contributed by atoms with Crippen LogP contribution in [0.3, 0.4) is 0 Å². The minimum Gasteiger partial charge on any atom is -0.492 e. The van der Waals surface area contributed by atoms with Crippen LogP contribution in [0, 0.1) is 13.8 Å². The summed E-state index contributed by atoms with van der Waals surface area (Å²) in [6.45, 7) is 6.51. The van der Waals surface area contributed by atoms with Gasteiger partial charge in [0.1, 0.15) is 5.75 Å². The van der Waals surface area contributed by atoms with Crippen LogP contribution in [0.4, 0.5) is 5.13 Å². The van der Waals surface area contributed by atoms with Gasteiger partial charge in [-0.05, 0) is 37.8 Å². The number of para-hydroxylation sites is 1. The van der Waals surface area contributed by atoms with Gasteiger partial charge in [-0.1, -0.05) is 41.3 Å². The summed E-state index contributed by atoms with van der Waals surface area (Å²) in [5.41, 5.74) is 2.35. The summed E-state index contributed by atoms with van der Waals surface area (Å²) in [6, 6.07) is 6.21. The molecule has 0 saturated carbocycles. The smallest absolute Gasteiger partial charge is 0.206 e. The van der Waals surface area contributed by atoms with Gasteiger partial charge in [0.15, 0.2) is 4.34 Å². The van der Waals surface area contributed by atoms with Crippen LogP contribution in [-0.2, 0) is 4.74 Å². The zero-order valence-electron chi connectivity index (χ0n) is 14.1. The lowest BCUT2D eigenvalue weighted by Gasteiger charge is -2.11. The normalized spacial score (nSPS) is 17.2. The number of nitrogens with zero attached hydrogens (tertiary/aromatic N) is 2. The van der Waals surface area contributed by atoms with Gasteiger partial charge in [0.05, 0.1) is 12.7 Å². The van der Waals surface area contributed by atoms with Gasteiger partial charge in [0, 0.05) is 18.9 Å². The van der Waals surface area contributed by atoms with E-state index < -0.39 is 0 Å². The first kappa shape index (κ1) is 17.5. The maximum Gasteiger partial charge on any atom is 0.206 e. The minimum absolute atomic E-state index is 0.316. The van der Waals surface area contributed by atoms with Crippen LogP contribution in [0.1, 0.15) is 24.0 Å². The van der Waals surface area contributed by atoms with Gasteiger partial charge in [-0.15, -0.1) is 10.2 Å². The van der Waals surface area contributed by atoms with Crippen molar-refractivity contribution in [1.29, 1.82) is 0 Å². The number of benzene rings is 1. The second kappa shape index (κ2) is 8.69. The van der Waals surface area contributed by atoms with Crippen molar-refractivity contribution in [1.82, 2.24) is 10.2 Å². The Hall–Kier alpha value is -1.31. The highest BCUT2D eigenvalue weighted by Gasteiger charge is 2.15. The molecule has 2 heterocycles. The summed E-state index contributed by atoms with van der Waals surface area (Å²) in [7, 11) is 0. The van der Waals surface area contributed by atoms with E-state index in [0.29, 0.717) is 12.7 Å². The van der Waals surface area contributed by atoms with Crippen molar-refractivity contribution >= 4 is 28.2 Å². The molecule has 130 valence electrons. The van der Waals surface area contributed by atoms with Gasteiger partial charge in [-0.2, -0.15) is 0 Å². The van der Waals surface area contributed by atoms with E-state index in [0.717, 1.165) is 47.0 Å². The largest absolute Gasteiger partial charge is 0.492 e. The lowest BCUT2D eigenvalue weighted by Crippen LogP contribution is -2.18. The molecule has 1 unspecified atom stereocenters. The average Bonchev–Trinajstić information content (AvgIpc) is 3.23. The highest BCUT2D eigenvalue weighted by molar-refractivity contribution is 8.01. The Morgan fingerprint density at radius 3 is 2.92 bits per heavy atom. The van der Waals surface area contributed by atoms with E-state index in [2.05, 4.69) is 47.6 Å². The molecular weight excluding hydrogens is 342 g/mol. The molecule has 1 atom stereocenters. The number of hydrogen-bond donors (Lipinski definition) is 1. The van der Waals surface area contributed by atoms with Crippen LogP contribution in [0.2, 0.25) is 0 Å². The number of ether oxygens (including phenoxy) is 2. The number of hydrogen-bond acceptors (Lipinski definition) is 7. The molecule has 2 aromatic rings. The first-order valence-corrected chi connectivity index (χ1v) is 10.0. The highest BCUT2D eigenvalue weighted by Crippen LogP contribution is 2.27. The van der Waals surface area contributed by atoms with Crippen molar-refractivity contribution in [3.05, 3.63) is 29.3 Å². The van der Waals surface area contributed by atoms with Gasteiger partial charge in [0.2, 0.25) is 5.13 Å². The first-order valence-electron chi connectivity index (χ1n) is 8.23. The Morgan fingerprint density at radius 1 is 1.33 bits per heavy atom. The van der Waals surface area contributed by atoms with Gasteiger partial charge >= 0.3 is 0 Å². The quantitative estimate of drug-likeness (QED) is 0.565. The third kappa shape index (κ3) is 4.84. The lowest BCUT2D eigenvalue weighted by molar-refractivity contribution is 0.120. The fourth-order valence-electron chi connectivity index (χ4n) is 2.65. The molecule has 1 fully saturated rings. The molecule has 3 rings (SSSR count). The molecule has 0 radical (unpaired) electrons. The molecule has 1 aromatic heterocycles. The van der Waals surface area contributed by atoms with Crippen LogP contribution in [-0.4, -0.2) is 41.8 Å². The predicted molar refractivity (Wildman–Crippen MR) is 99.5 cm³/mol. The van der Waals surface area contributed by atoms with Crippen molar-refractivity contribution in [3.8, 4) is 5.75 Å². The summed E-state index contributed by atoms with van der Waals surface area (Å²) >= 11 is 3.27. The molecule has 0 amide bonds. The van der Waals surface area contributed by atoms with Crippen molar-refractivity contribution in [2.45, 2.75) is 37.1 Å². The van der Waals surface area contributed by atoms with Crippen LogP contribution < -0.4 is 10.1 Å². The first-order chi connectivity index (χ1) is 11.7. The molecule has 24 heavy (non-hydrogen) atoms. The van der Waals surface area contributed by atoms with E-state index in [1.165, 1.54) is 11.1 Å². The van der Waals surface area contributed by atoms with E-state index in [-0.39, 0.29) is 0 Å². The summed E-state index contributed by atoms with van der Waals surface area (Å²) in [5, 5.41) is 12.6. The monoisotopic (exact) mass is 365 g/mol. The molecular formula is C17H23N3O2S2. The van der Waals surface area contributed by atoms with Crippen molar-refractivity contribution in [3.63, 3.8) is 0 Å². The number of nitrogens with one attached hydrogen (secondary N) is 1.